The number of aromatic hydroxyl groups is 1. The third-order valence-electron chi connectivity index (χ3n) is 5.29. The van der Waals surface area contributed by atoms with Gasteiger partial charge in [0.1, 0.15) is 12.4 Å². The number of benzene rings is 2. The Balaban J connectivity index is 0.00000385. The van der Waals surface area contributed by atoms with E-state index >= 15 is 0 Å². The van der Waals surface area contributed by atoms with E-state index in [4.69, 9.17) is 4.74 Å². The number of para-hydroxylation sites is 1. The van der Waals surface area contributed by atoms with Crippen molar-refractivity contribution in [3.05, 3.63) is 53.6 Å². The summed E-state index contributed by atoms with van der Waals surface area (Å²) in [4.78, 5) is 13.9. The van der Waals surface area contributed by atoms with Crippen LogP contribution in [0.1, 0.15) is 37.5 Å². The largest absolute Gasteiger partial charge is 0.506 e. The van der Waals surface area contributed by atoms with Crippen molar-refractivity contribution in [2.24, 2.45) is 0 Å². The van der Waals surface area contributed by atoms with E-state index in [1.807, 2.05) is 38.1 Å². The summed E-state index contributed by atoms with van der Waals surface area (Å²) in [6, 6.07) is 11.9. The number of aliphatic hydroxyl groups is 1. The SMILES string of the molecule is CC(C)(CCN1C(=O)OCc2ccccc21)NCC(O)c1ccc(O)c(NS(C)(=O)=O)c1.Cl. The molecule has 0 radical (unpaired) electrons. The van der Waals surface area contributed by atoms with E-state index in [0.717, 1.165) is 17.5 Å². The average molecular weight is 500 g/mol. The highest BCUT2D eigenvalue weighted by Crippen LogP contribution is 2.29. The number of β-amino-alcohol motifs (C(OH)–C–C–N with tert-alkyl or cyclic N) is 1. The first-order valence-corrected chi connectivity index (χ1v) is 12.1. The predicted octanol–water partition coefficient (Wildman–Crippen LogP) is 3.13. The van der Waals surface area contributed by atoms with E-state index in [2.05, 4.69) is 10.0 Å². The van der Waals surface area contributed by atoms with Crippen LogP contribution in [0, 0.1) is 0 Å². The molecule has 1 atom stereocenters. The molecule has 3 rings (SSSR count). The monoisotopic (exact) mass is 499 g/mol. The number of amides is 1. The van der Waals surface area contributed by atoms with E-state index in [9.17, 15) is 23.4 Å². The number of hydrogen-bond donors (Lipinski definition) is 4. The van der Waals surface area contributed by atoms with E-state index in [-0.39, 0.29) is 43.1 Å². The second-order valence-electron chi connectivity index (χ2n) is 8.52. The molecule has 1 unspecified atom stereocenters. The summed E-state index contributed by atoms with van der Waals surface area (Å²) in [5.74, 6) is -0.228. The Kier molecular flexibility index (Phi) is 8.58. The second kappa shape index (κ2) is 10.6. The molecule has 33 heavy (non-hydrogen) atoms. The number of nitrogens with zero attached hydrogens (tertiary/aromatic N) is 1. The van der Waals surface area contributed by atoms with Crippen molar-refractivity contribution in [2.45, 2.75) is 38.5 Å². The zero-order valence-corrected chi connectivity index (χ0v) is 20.4. The lowest BCUT2D eigenvalue weighted by Crippen LogP contribution is -2.46. The molecule has 1 aliphatic heterocycles. The number of ether oxygens (including phenoxy) is 1. The summed E-state index contributed by atoms with van der Waals surface area (Å²) in [7, 11) is -3.57. The number of anilines is 2. The minimum atomic E-state index is -3.57. The van der Waals surface area contributed by atoms with Gasteiger partial charge in [0.05, 0.1) is 23.7 Å². The van der Waals surface area contributed by atoms with E-state index in [1.54, 1.807) is 4.90 Å². The van der Waals surface area contributed by atoms with Crippen LogP contribution >= 0.6 is 12.4 Å². The maximum atomic E-state index is 12.3. The molecule has 1 heterocycles. The Morgan fingerprint density at radius 2 is 1.91 bits per heavy atom. The molecule has 11 heteroatoms. The molecule has 0 fully saturated rings. The van der Waals surface area contributed by atoms with Gasteiger partial charge >= 0.3 is 6.09 Å². The summed E-state index contributed by atoms with van der Waals surface area (Å²) in [6.45, 7) is 4.83. The molecule has 0 saturated heterocycles. The number of fused-ring (bicyclic) bond motifs is 1. The maximum Gasteiger partial charge on any atom is 0.414 e. The molecular formula is C22H30ClN3O6S. The lowest BCUT2D eigenvalue weighted by molar-refractivity contribution is 0.139. The van der Waals surface area contributed by atoms with Crippen molar-refractivity contribution in [1.82, 2.24) is 5.32 Å². The lowest BCUT2D eigenvalue weighted by Gasteiger charge is -2.33. The lowest BCUT2D eigenvalue weighted by atomic mass is 9.98. The number of halogens is 1. The van der Waals surface area contributed by atoms with Gasteiger partial charge < -0.3 is 20.3 Å². The first-order valence-electron chi connectivity index (χ1n) is 10.2. The number of nitrogens with one attached hydrogen (secondary N) is 2. The van der Waals surface area contributed by atoms with Crippen molar-refractivity contribution < 1.29 is 28.2 Å². The molecule has 0 saturated carbocycles. The quantitative estimate of drug-likeness (QED) is 0.390. The molecule has 0 aromatic heterocycles. The van der Waals surface area contributed by atoms with E-state index in [0.29, 0.717) is 18.5 Å². The van der Waals surface area contributed by atoms with Gasteiger partial charge in [0, 0.05) is 24.2 Å². The van der Waals surface area contributed by atoms with Gasteiger partial charge in [0.15, 0.2) is 0 Å². The molecule has 1 aliphatic rings. The third-order valence-corrected chi connectivity index (χ3v) is 5.88. The van der Waals surface area contributed by atoms with Gasteiger partial charge in [-0.15, -0.1) is 12.4 Å². The summed E-state index contributed by atoms with van der Waals surface area (Å²) in [6.07, 6.45) is 0.264. The number of aliphatic hydroxyl groups excluding tert-OH is 1. The average Bonchev–Trinajstić information content (AvgIpc) is 2.72. The molecule has 1 amide bonds. The molecule has 2 aromatic carbocycles. The van der Waals surface area contributed by atoms with E-state index < -0.39 is 21.7 Å². The van der Waals surface area contributed by atoms with Crippen LogP contribution in [0.2, 0.25) is 0 Å². The topological polar surface area (TPSA) is 128 Å². The molecule has 4 N–H and O–H groups in total. The number of carbonyl (C=O) groups is 1. The van der Waals surface area contributed by atoms with Gasteiger partial charge in [-0.25, -0.2) is 13.2 Å². The highest BCUT2D eigenvalue weighted by Gasteiger charge is 2.28. The van der Waals surface area contributed by atoms with Crippen molar-refractivity contribution in [3.8, 4) is 5.75 Å². The van der Waals surface area contributed by atoms with Crippen LogP contribution in [0.15, 0.2) is 42.5 Å². The Hall–Kier alpha value is -2.53. The Morgan fingerprint density at radius 1 is 1.21 bits per heavy atom. The normalized spacial score (nSPS) is 14.7. The van der Waals surface area contributed by atoms with Crippen LogP contribution in [0.4, 0.5) is 16.2 Å². The molecule has 182 valence electrons. The number of phenolic OH excluding ortho intramolecular Hbond substituents is 1. The Morgan fingerprint density at radius 3 is 2.61 bits per heavy atom. The fourth-order valence-electron chi connectivity index (χ4n) is 3.44. The first-order chi connectivity index (χ1) is 15.0. The smallest absolute Gasteiger partial charge is 0.414 e. The number of sulfonamides is 1. The van der Waals surface area contributed by atoms with Crippen LogP contribution in [0.3, 0.4) is 0 Å². The zero-order chi connectivity index (χ0) is 23.5. The molecular weight excluding hydrogens is 470 g/mol. The van der Waals surface area contributed by atoms with Crippen LogP contribution < -0.4 is 14.9 Å². The van der Waals surface area contributed by atoms with Crippen molar-refractivity contribution in [1.29, 1.82) is 0 Å². The second-order valence-corrected chi connectivity index (χ2v) is 10.3. The fourth-order valence-corrected chi connectivity index (χ4v) is 4.00. The molecule has 0 bridgehead atoms. The van der Waals surface area contributed by atoms with Gasteiger partial charge in [-0.3, -0.25) is 9.62 Å². The van der Waals surface area contributed by atoms with Crippen molar-refractivity contribution in [2.75, 3.05) is 29.0 Å². The first kappa shape index (κ1) is 26.7. The van der Waals surface area contributed by atoms with Crippen LogP contribution in [0.25, 0.3) is 0 Å². The Bertz CT molecular complexity index is 1090. The third kappa shape index (κ3) is 7.23. The Labute approximate surface area is 200 Å². The zero-order valence-electron chi connectivity index (χ0n) is 18.7. The highest BCUT2D eigenvalue weighted by atomic mass is 35.5. The standard InChI is InChI=1S/C22H29N3O6S.ClH/c1-22(2,10-11-25-18-7-5-4-6-16(18)14-31-21(25)28)23-13-20(27)15-8-9-19(26)17(12-15)24-32(3,29)30;/h4-9,12,20,23-24,26-27H,10-11,13-14H2,1-3H3;1H. The minimum Gasteiger partial charge on any atom is -0.506 e. The highest BCUT2D eigenvalue weighted by molar-refractivity contribution is 7.92. The van der Waals surface area contributed by atoms with E-state index in [1.165, 1.54) is 18.2 Å². The maximum absolute atomic E-state index is 12.3. The van der Waals surface area contributed by atoms with Crippen LogP contribution in [-0.2, 0) is 21.4 Å². The van der Waals surface area contributed by atoms with Gasteiger partial charge in [-0.1, -0.05) is 24.3 Å². The molecule has 0 spiro atoms. The van der Waals surface area contributed by atoms with Crippen molar-refractivity contribution >= 4 is 39.9 Å². The van der Waals surface area contributed by atoms with Gasteiger partial charge in [-0.2, -0.15) is 0 Å². The fraction of sp³-hybridized carbons (Fsp3) is 0.409. The van der Waals surface area contributed by atoms with Gasteiger partial charge in [0.2, 0.25) is 10.0 Å². The van der Waals surface area contributed by atoms with Gasteiger partial charge in [-0.05, 0) is 44.0 Å². The molecule has 2 aromatic rings. The van der Waals surface area contributed by atoms with Crippen molar-refractivity contribution in [3.63, 3.8) is 0 Å². The molecule has 9 nitrogen and oxygen atoms in total. The number of phenols is 1. The number of hydrogen-bond acceptors (Lipinski definition) is 7. The summed E-state index contributed by atoms with van der Waals surface area (Å²) in [5, 5.41) is 23.7. The van der Waals surface area contributed by atoms with Crippen LogP contribution in [-0.4, -0.2) is 49.6 Å². The summed E-state index contributed by atoms with van der Waals surface area (Å²) in [5.41, 5.74) is 1.84. The predicted molar refractivity (Wildman–Crippen MR) is 129 cm³/mol. The van der Waals surface area contributed by atoms with Gasteiger partial charge in [0.25, 0.3) is 0 Å². The number of cyclic esters (lactones) is 1. The number of carbonyl (C=O) groups excluding carboxylic acids is 1. The number of rotatable bonds is 9. The molecule has 0 aliphatic carbocycles. The summed E-state index contributed by atoms with van der Waals surface area (Å²) >= 11 is 0. The van der Waals surface area contributed by atoms with Crippen LogP contribution in [0.5, 0.6) is 5.75 Å². The summed E-state index contributed by atoms with van der Waals surface area (Å²) < 4.78 is 30.4. The minimum absolute atomic E-state index is 0.